The van der Waals surface area contributed by atoms with Crippen LogP contribution < -0.4 is 23.9 Å². The lowest BCUT2D eigenvalue weighted by molar-refractivity contribution is -0.122. The summed E-state index contributed by atoms with van der Waals surface area (Å²) in [5.74, 6) is -0.318. The highest BCUT2D eigenvalue weighted by Gasteiger charge is 2.35. The number of thiocarbonyl (C=S) groups is 1. The van der Waals surface area contributed by atoms with E-state index in [4.69, 9.17) is 25.9 Å². The maximum Gasteiger partial charge on any atom is 0.339 e. The predicted molar refractivity (Wildman–Crippen MR) is 161 cm³/mol. The van der Waals surface area contributed by atoms with E-state index in [2.05, 4.69) is 5.32 Å². The largest absolute Gasteiger partial charge is 0.490 e. The topological polar surface area (TPSA) is 111 Å². The summed E-state index contributed by atoms with van der Waals surface area (Å²) in [5, 5.41) is 2.42. The van der Waals surface area contributed by atoms with Crippen LogP contribution in [0.2, 0.25) is 0 Å². The number of ether oxygens (including phenoxy) is 2. The second-order valence-electron chi connectivity index (χ2n) is 8.82. The number of hydrogen-bond donors (Lipinski definition) is 1. The molecule has 2 amide bonds. The molecule has 0 atom stereocenters. The molecule has 0 spiro atoms. The lowest BCUT2D eigenvalue weighted by Crippen LogP contribution is -2.54. The predicted octanol–water partition coefficient (Wildman–Crippen LogP) is 5.48. The summed E-state index contributed by atoms with van der Waals surface area (Å²) in [7, 11) is -4.27. The van der Waals surface area contributed by atoms with E-state index in [1.165, 1.54) is 35.2 Å². The minimum atomic E-state index is -4.27. The van der Waals surface area contributed by atoms with E-state index in [1.807, 2.05) is 30.3 Å². The van der Waals surface area contributed by atoms with E-state index >= 15 is 0 Å². The van der Waals surface area contributed by atoms with Gasteiger partial charge in [0, 0.05) is 5.56 Å². The Kier molecular flexibility index (Phi) is 8.32. The third-order valence-electron chi connectivity index (χ3n) is 6.01. The molecular formula is C31H24N2O7S2. The first-order chi connectivity index (χ1) is 20.3. The molecule has 1 aliphatic rings. The summed E-state index contributed by atoms with van der Waals surface area (Å²) in [6.45, 7) is 1.95. The standard InChI is InChI=1S/C31H24N2O7S2/c1-2-38-27-15-9-10-21(28(27)40-42(36,37)25-13-7-4-8-14-25)20-26-29(34)32-31(41)33(30(26)35)22-16-18-24(19-17-22)39-23-11-5-3-6-12-23/h3-20H,2H2,1H3,(H,32,34,41). The molecule has 0 bridgehead atoms. The third-order valence-corrected chi connectivity index (χ3v) is 7.53. The number of benzene rings is 4. The van der Waals surface area contributed by atoms with Gasteiger partial charge in [-0.15, -0.1) is 0 Å². The Morgan fingerprint density at radius 3 is 2.14 bits per heavy atom. The van der Waals surface area contributed by atoms with Crippen LogP contribution in [-0.4, -0.2) is 32.0 Å². The Bertz CT molecular complexity index is 1770. The number of carbonyl (C=O) groups excluding carboxylic acids is 2. The number of nitrogens with one attached hydrogen (secondary N) is 1. The molecule has 0 saturated carbocycles. The fraction of sp³-hybridized carbons (Fsp3) is 0.0645. The van der Waals surface area contributed by atoms with Crippen molar-refractivity contribution in [3.05, 3.63) is 114 Å². The lowest BCUT2D eigenvalue weighted by Gasteiger charge is -2.29. The van der Waals surface area contributed by atoms with Crippen molar-refractivity contribution in [2.45, 2.75) is 11.8 Å². The Morgan fingerprint density at radius 1 is 0.833 bits per heavy atom. The molecule has 4 aromatic carbocycles. The smallest absolute Gasteiger partial charge is 0.339 e. The lowest BCUT2D eigenvalue weighted by atomic mass is 10.1. The van der Waals surface area contributed by atoms with Gasteiger partial charge >= 0.3 is 10.1 Å². The van der Waals surface area contributed by atoms with Gasteiger partial charge in [-0.1, -0.05) is 48.5 Å². The van der Waals surface area contributed by atoms with Crippen molar-refractivity contribution in [2.24, 2.45) is 0 Å². The summed E-state index contributed by atoms with van der Waals surface area (Å²) in [6, 6.07) is 28.0. The first-order valence-corrected chi connectivity index (χ1v) is 14.6. The maximum absolute atomic E-state index is 13.6. The zero-order valence-electron chi connectivity index (χ0n) is 22.2. The second-order valence-corrected chi connectivity index (χ2v) is 10.8. The maximum atomic E-state index is 13.6. The summed E-state index contributed by atoms with van der Waals surface area (Å²) in [5.41, 5.74) is 0.240. The average Bonchev–Trinajstić information content (AvgIpc) is 2.98. The zero-order chi connectivity index (χ0) is 29.7. The van der Waals surface area contributed by atoms with Crippen LogP contribution in [0.5, 0.6) is 23.0 Å². The van der Waals surface area contributed by atoms with Crippen molar-refractivity contribution in [3.8, 4) is 23.0 Å². The number of para-hydroxylation sites is 2. The fourth-order valence-electron chi connectivity index (χ4n) is 4.09. The molecule has 0 aliphatic carbocycles. The van der Waals surface area contributed by atoms with Gasteiger partial charge in [0.2, 0.25) is 0 Å². The van der Waals surface area contributed by atoms with Crippen LogP contribution in [0.4, 0.5) is 5.69 Å². The number of carbonyl (C=O) groups is 2. The highest BCUT2D eigenvalue weighted by molar-refractivity contribution is 7.87. The molecule has 5 rings (SSSR count). The number of amides is 2. The van der Waals surface area contributed by atoms with Gasteiger partial charge < -0.3 is 13.7 Å². The Labute approximate surface area is 248 Å². The number of anilines is 1. The van der Waals surface area contributed by atoms with Crippen molar-refractivity contribution in [1.29, 1.82) is 0 Å². The molecule has 4 aromatic rings. The van der Waals surface area contributed by atoms with Crippen LogP contribution in [0, 0.1) is 0 Å². The molecule has 0 radical (unpaired) electrons. The Hall–Kier alpha value is -5.00. The molecular weight excluding hydrogens is 576 g/mol. The highest BCUT2D eigenvalue weighted by Crippen LogP contribution is 2.36. The van der Waals surface area contributed by atoms with E-state index in [0.717, 1.165) is 0 Å². The summed E-state index contributed by atoms with van der Waals surface area (Å²) in [6.07, 6.45) is 1.25. The van der Waals surface area contributed by atoms with Gasteiger partial charge in [-0.2, -0.15) is 8.42 Å². The van der Waals surface area contributed by atoms with Crippen molar-refractivity contribution in [1.82, 2.24) is 5.32 Å². The van der Waals surface area contributed by atoms with E-state index in [1.54, 1.807) is 55.5 Å². The Balaban J connectivity index is 1.48. The molecule has 11 heteroatoms. The van der Waals surface area contributed by atoms with Gasteiger partial charge in [-0.3, -0.25) is 19.8 Å². The molecule has 0 aromatic heterocycles. The number of nitrogens with zero attached hydrogens (tertiary/aromatic N) is 1. The first kappa shape index (κ1) is 28.5. The van der Waals surface area contributed by atoms with Crippen molar-refractivity contribution >= 4 is 51.0 Å². The summed E-state index contributed by atoms with van der Waals surface area (Å²) < 4.78 is 43.1. The van der Waals surface area contributed by atoms with Crippen molar-refractivity contribution < 1.29 is 31.7 Å². The van der Waals surface area contributed by atoms with Crippen molar-refractivity contribution in [3.63, 3.8) is 0 Å². The number of rotatable bonds is 9. The summed E-state index contributed by atoms with van der Waals surface area (Å²) >= 11 is 5.32. The minimum absolute atomic E-state index is 0.0717. The monoisotopic (exact) mass is 600 g/mol. The average molecular weight is 601 g/mol. The van der Waals surface area contributed by atoms with Crippen LogP contribution >= 0.6 is 12.2 Å². The molecule has 9 nitrogen and oxygen atoms in total. The van der Waals surface area contributed by atoms with Gasteiger partial charge in [0.05, 0.1) is 12.3 Å². The van der Waals surface area contributed by atoms with Gasteiger partial charge in [-0.25, -0.2) is 0 Å². The number of hydrogen-bond acceptors (Lipinski definition) is 8. The van der Waals surface area contributed by atoms with Gasteiger partial charge in [0.1, 0.15) is 22.0 Å². The minimum Gasteiger partial charge on any atom is -0.490 e. The van der Waals surface area contributed by atoms with Crippen molar-refractivity contribution in [2.75, 3.05) is 11.5 Å². The Morgan fingerprint density at radius 2 is 1.48 bits per heavy atom. The van der Waals surface area contributed by atoms with Crippen LogP contribution in [0.1, 0.15) is 12.5 Å². The van der Waals surface area contributed by atoms with Gasteiger partial charge in [-0.05, 0) is 79.8 Å². The normalized spacial score (nSPS) is 14.5. The molecule has 42 heavy (non-hydrogen) atoms. The molecule has 1 aliphatic heterocycles. The highest BCUT2D eigenvalue weighted by atomic mass is 32.2. The molecule has 0 unspecified atom stereocenters. The van der Waals surface area contributed by atoms with Gasteiger partial charge in [0.25, 0.3) is 11.8 Å². The van der Waals surface area contributed by atoms with Crippen LogP contribution in [0.3, 0.4) is 0 Å². The zero-order valence-corrected chi connectivity index (χ0v) is 23.9. The second kappa shape index (κ2) is 12.2. The summed E-state index contributed by atoms with van der Waals surface area (Å²) in [4.78, 5) is 27.7. The van der Waals surface area contributed by atoms with E-state index in [0.29, 0.717) is 17.2 Å². The quantitative estimate of drug-likeness (QED) is 0.116. The van der Waals surface area contributed by atoms with Gasteiger partial charge in [0.15, 0.2) is 16.6 Å². The van der Waals surface area contributed by atoms with Crippen LogP contribution in [-0.2, 0) is 19.7 Å². The fourth-order valence-corrected chi connectivity index (χ4v) is 5.35. The third kappa shape index (κ3) is 6.17. The first-order valence-electron chi connectivity index (χ1n) is 12.8. The molecule has 212 valence electrons. The SMILES string of the molecule is CCOc1cccc(C=C2C(=O)NC(=S)N(c3ccc(Oc4ccccc4)cc3)C2=O)c1OS(=O)(=O)c1ccccc1. The van der Waals surface area contributed by atoms with E-state index in [-0.39, 0.29) is 39.3 Å². The molecule has 1 N–H and O–H groups in total. The van der Waals surface area contributed by atoms with Crippen LogP contribution in [0.25, 0.3) is 6.08 Å². The van der Waals surface area contributed by atoms with Crippen LogP contribution in [0.15, 0.2) is 114 Å². The molecule has 1 heterocycles. The van der Waals surface area contributed by atoms with E-state index < -0.39 is 21.9 Å². The molecule has 1 saturated heterocycles. The molecule has 1 fully saturated rings. The van der Waals surface area contributed by atoms with E-state index in [9.17, 15) is 18.0 Å².